The van der Waals surface area contributed by atoms with Gasteiger partial charge in [-0.3, -0.25) is 9.78 Å². The summed E-state index contributed by atoms with van der Waals surface area (Å²) in [5, 5.41) is 4.35. The number of hydrogen-bond acceptors (Lipinski definition) is 3. The first-order valence-electron chi connectivity index (χ1n) is 7.07. The number of rotatable bonds is 5. The second-order valence-corrected chi connectivity index (χ2v) is 5.95. The molecule has 2 rings (SSSR count). The van der Waals surface area contributed by atoms with E-state index >= 15 is 0 Å². The van der Waals surface area contributed by atoms with E-state index in [9.17, 15) is 4.79 Å². The van der Waals surface area contributed by atoms with E-state index in [-0.39, 0.29) is 11.8 Å². The minimum absolute atomic E-state index is 0.0568. The minimum Gasteiger partial charge on any atom is -0.330 e. The van der Waals surface area contributed by atoms with E-state index in [1.54, 1.807) is 18.3 Å². The molecular formula is C16H20ClN3O. The van der Waals surface area contributed by atoms with E-state index < -0.39 is 0 Å². The fourth-order valence-corrected chi connectivity index (χ4v) is 2.57. The van der Waals surface area contributed by atoms with Crippen LogP contribution in [0.2, 0.25) is 5.02 Å². The molecule has 0 aliphatic carbocycles. The first kappa shape index (κ1) is 15.7. The Morgan fingerprint density at radius 2 is 2.14 bits per heavy atom. The zero-order valence-electron chi connectivity index (χ0n) is 12.3. The van der Waals surface area contributed by atoms with Crippen molar-refractivity contribution in [1.82, 2.24) is 4.98 Å². The maximum atomic E-state index is 12.4. The normalized spacial score (nSPS) is 12.6. The Balaban J connectivity index is 2.27. The number of benzene rings is 1. The van der Waals surface area contributed by atoms with Crippen molar-refractivity contribution in [3.05, 3.63) is 35.5 Å². The molecule has 0 aliphatic heterocycles. The van der Waals surface area contributed by atoms with Crippen LogP contribution in [-0.2, 0) is 4.79 Å². The van der Waals surface area contributed by atoms with Gasteiger partial charge in [0.2, 0.25) is 5.91 Å². The third-order valence-electron chi connectivity index (χ3n) is 3.39. The highest BCUT2D eigenvalue weighted by Crippen LogP contribution is 2.28. The number of amides is 1. The van der Waals surface area contributed by atoms with Crippen molar-refractivity contribution < 1.29 is 4.79 Å². The molecule has 5 heteroatoms. The molecule has 4 nitrogen and oxygen atoms in total. The molecule has 2 aromatic rings. The Labute approximate surface area is 129 Å². The van der Waals surface area contributed by atoms with E-state index in [0.717, 1.165) is 17.5 Å². The molecule has 0 fully saturated rings. The molecule has 0 saturated heterocycles. The summed E-state index contributed by atoms with van der Waals surface area (Å²) in [6.07, 6.45) is 2.45. The summed E-state index contributed by atoms with van der Waals surface area (Å²) in [5.41, 5.74) is 7.12. The number of aromatic nitrogens is 1. The molecule has 0 saturated carbocycles. The van der Waals surface area contributed by atoms with Crippen LogP contribution < -0.4 is 11.1 Å². The molecular weight excluding hydrogens is 286 g/mol. The summed E-state index contributed by atoms with van der Waals surface area (Å²) >= 11 is 6.13. The van der Waals surface area contributed by atoms with Gasteiger partial charge in [0.15, 0.2) is 0 Å². The lowest BCUT2D eigenvalue weighted by molar-refractivity contribution is -0.120. The van der Waals surface area contributed by atoms with Crippen LogP contribution in [0.4, 0.5) is 5.69 Å². The highest BCUT2D eigenvalue weighted by molar-refractivity contribution is 6.35. The number of carbonyl (C=O) groups is 1. The predicted molar refractivity (Wildman–Crippen MR) is 87.4 cm³/mol. The van der Waals surface area contributed by atoms with E-state index in [2.05, 4.69) is 24.1 Å². The van der Waals surface area contributed by atoms with E-state index in [0.29, 0.717) is 23.0 Å². The van der Waals surface area contributed by atoms with Gasteiger partial charge >= 0.3 is 0 Å². The van der Waals surface area contributed by atoms with Crippen molar-refractivity contribution in [2.75, 3.05) is 11.9 Å². The molecule has 1 amide bonds. The molecule has 0 bridgehead atoms. The van der Waals surface area contributed by atoms with Crippen molar-refractivity contribution in [3.63, 3.8) is 0 Å². The zero-order chi connectivity index (χ0) is 15.4. The van der Waals surface area contributed by atoms with Crippen LogP contribution >= 0.6 is 11.6 Å². The number of nitrogens with one attached hydrogen (secondary N) is 1. The number of nitrogens with zero attached hydrogens (tertiary/aromatic N) is 1. The quantitative estimate of drug-likeness (QED) is 0.889. The smallest absolute Gasteiger partial charge is 0.228 e. The number of anilines is 1. The maximum absolute atomic E-state index is 12.4. The van der Waals surface area contributed by atoms with Crippen molar-refractivity contribution in [1.29, 1.82) is 0 Å². The van der Waals surface area contributed by atoms with Crippen LogP contribution in [0, 0.1) is 11.8 Å². The SMILES string of the molecule is CC(C)CC(CN)C(=O)Nc1ccc(Cl)c2ncccc12. The van der Waals surface area contributed by atoms with Gasteiger partial charge in [-0.05, 0) is 36.6 Å². The third kappa shape index (κ3) is 3.71. The monoisotopic (exact) mass is 305 g/mol. The molecule has 1 unspecified atom stereocenters. The molecule has 112 valence electrons. The van der Waals surface area contributed by atoms with Gasteiger partial charge in [-0.25, -0.2) is 0 Å². The first-order chi connectivity index (χ1) is 10.0. The van der Waals surface area contributed by atoms with Gasteiger partial charge < -0.3 is 11.1 Å². The summed E-state index contributed by atoms with van der Waals surface area (Å²) < 4.78 is 0. The van der Waals surface area contributed by atoms with Gasteiger partial charge in [-0.2, -0.15) is 0 Å². The van der Waals surface area contributed by atoms with Crippen LogP contribution in [-0.4, -0.2) is 17.4 Å². The van der Waals surface area contributed by atoms with Gasteiger partial charge in [-0.1, -0.05) is 25.4 Å². The average molecular weight is 306 g/mol. The molecule has 1 atom stereocenters. The molecule has 1 heterocycles. The van der Waals surface area contributed by atoms with E-state index in [1.807, 2.05) is 12.1 Å². The molecule has 21 heavy (non-hydrogen) atoms. The number of hydrogen-bond donors (Lipinski definition) is 2. The highest BCUT2D eigenvalue weighted by Gasteiger charge is 2.19. The van der Waals surface area contributed by atoms with Crippen LogP contribution in [0.15, 0.2) is 30.5 Å². The van der Waals surface area contributed by atoms with Crippen LogP contribution in [0.1, 0.15) is 20.3 Å². The number of nitrogens with two attached hydrogens (primary N) is 1. The van der Waals surface area contributed by atoms with Gasteiger partial charge in [0.25, 0.3) is 0 Å². The van der Waals surface area contributed by atoms with Crippen molar-refractivity contribution in [2.24, 2.45) is 17.6 Å². The van der Waals surface area contributed by atoms with Gasteiger partial charge in [-0.15, -0.1) is 0 Å². The lowest BCUT2D eigenvalue weighted by atomic mass is 9.96. The number of carbonyl (C=O) groups excluding carboxylic acids is 1. The Bertz CT molecular complexity index is 642. The van der Waals surface area contributed by atoms with Crippen molar-refractivity contribution in [2.45, 2.75) is 20.3 Å². The first-order valence-corrected chi connectivity index (χ1v) is 7.45. The molecule has 1 aromatic carbocycles. The summed E-state index contributed by atoms with van der Waals surface area (Å²) in [6.45, 7) is 4.50. The topological polar surface area (TPSA) is 68.0 Å². The van der Waals surface area contributed by atoms with Crippen LogP contribution in [0.5, 0.6) is 0 Å². The number of pyridine rings is 1. The minimum atomic E-state index is -0.188. The summed E-state index contributed by atoms with van der Waals surface area (Å²) in [4.78, 5) is 16.6. The number of fused-ring (bicyclic) bond motifs is 1. The standard InChI is InChI=1S/C16H20ClN3O/c1-10(2)8-11(9-18)16(21)20-14-6-5-13(17)15-12(14)4-3-7-19-15/h3-7,10-11H,8-9,18H2,1-2H3,(H,20,21). The average Bonchev–Trinajstić information content (AvgIpc) is 2.47. The number of halogens is 1. The lowest BCUT2D eigenvalue weighted by Gasteiger charge is -2.17. The summed E-state index contributed by atoms with van der Waals surface area (Å²) in [7, 11) is 0. The molecule has 0 radical (unpaired) electrons. The zero-order valence-corrected chi connectivity index (χ0v) is 13.0. The molecule has 0 aliphatic rings. The predicted octanol–water partition coefficient (Wildman–Crippen LogP) is 3.45. The van der Waals surface area contributed by atoms with Crippen LogP contribution in [0.3, 0.4) is 0 Å². The Kier molecular flexibility index (Phi) is 5.15. The second-order valence-electron chi connectivity index (χ2n) is 5.55. The van der Waals surface area contributed by atoms with Gasteiger partial charge in [0, 0.05) is 18.1 Å². The Morgan fingerprint density at radius 1 is 1.38 bits per heavy atom. The van der Waals surface area contributed by atoms with Gasteiger partial charge in [0.05, 0.1) is 22.1 Å². The molecule has 3 N–H and O–H groups in total. The van der Waals surface area contributed by atoms with Crippen molar-refractivity contribution >= 4 is 34.1 Å². The highest BCUT2D eigenvalue weighted by atomic mass is 35.5. The Hall–Kier alpha value is -1.65. The summed E-state index contributed by atoms with van der Waals surface area (Å²) in [6, 6.07) is 7.26. The Morgan fingerprint density at radius 3 is 2.81 bits per heavy atom. The largest absolute Gasteiger partial charge is 0.330 e. The molecule has 0 spiro atoms. The fraction of sp³-hybridized carbons (Fsp3) is 0.375. The fourth-order valence-electron chi connectivity index (χ4n) is 2.36. The second kappa shape index (κ2) is 6.87. The lowest BCUT2D eigenvalue weighted by Crippen LogP contribution is -2.30. The van der Waals surface area contributed by atoms with Gasteiger partial charge in [0.1, 0.15) is 0 Å². The van der Waals surface area contributed by atoms with Crippen LogP contribution in [0.25, 0.3) is 10.9 Å². The maximum Gasteiger partial charge on any atom is 0.228 e. The molecule has 1 aromatic heterocycles. The third-order valence-corrected chi connectivity index (χ3v) is 3.69. The van der Waals surface area contributed by atoms with Crippen molar-refractivity contribution in [3.8, 4) is 0 Å². The van der Waals surface area contributed by atoms with E-state index in [4.69, 9.17) is 17.3 Å². The van der Waals surface area contributed by atoms with E-state index in [1.165, 1.54) is 0 Å². The summed E-state index contributed by atoms with van der Waals surface area (Å²) in [5.74, 6) is 0.180.